The van der Waals surface area contributed by atoms with Crippen LogP contribution in [0.2, 0.25) is 0 Å². The summed E-state index contributed by atoms with van der Waals surface area (Å²) < 4.78 is 1.63. The molecule has 2 aliphatic rings. The van der Waals surface area contributed by atoms with Crippen molar-refractivity contribution in [3.8, 4) is 0 Å². The molecule has 0 saturated carbocycles. The number of nitro benzene ring substituents is 1. The van der Waals surface area contributed by atoms with Gasteiger partial charge in [0.1, 0.15) is 17.4 Å². The number of carbonyl (C=O) groups is 2. The van der Waals surface area contributed by atoms with Gasteiger partial charge in [0.2, 0.25) is 0 Å². The van der Waals surface area contributed by atoms with Crippen molar-refractivity contribution >= 4 is 28.9 Å². The maximum atomic E-state index is 13.3. The highest BCUT2D eigenvalue weighted by atomic mass is 16.6. The van der Waals surface area contributed by atoms with Crippen molar-refractivity contribution in [2.24, 2.45) is 5.41 Å². The summed E-state index contributed by atoms with van der Waals surface area (Å²) in [4.78, 5) is 37.2. The van der Waals surface area contributed by atoms with E-state index in [0.29, 0.717) is 41.0 Å². The maximum absolute atomic E-state index is 13.3. The van der Waals surface area contributed by atoms with Gasteiger partial charge in [0.05, 0.1) is 11.1 Å². The van der Waals surface area contributed by atoms with Gasteiger partial charge >= 0.3 is 0 Å². The first kappa shape index (κ1) is 22.5. The number of aromatic nitrogens is 2. The molecule has 2 aromatic carbocycles. The fraction of sp³-hybridized carbons (Fsp3) is 0.269. The van der Waals surface area contributed by atoms with Gasteiger partial charge in [0, 0.05) is 35.5 Å². The van der Waals surface area contributed by atoms with Gasteiger partial charge in [0.15, 0.2) is 5.78 Å². The van der Waals surface area contributed by atoms with Crippen LogP contribution in [0.4, 0.5) is 17.2 Å². The molecule has 9 nitrogen and oxygen atoms in total. The van der Waals surface area contributed by atoms with Crippen LogP contribution < -0.4 is 10.6 Å². The number of benzene rings is 2. The zero-order valence-corrected chi connectivity index (χ0v) is 19.7. The van der Waals surface area contributed by atoms with E-state index in [1.165, 1.54) is 18.3 Å². The molecule has 1 aliphatic carbocycles. The van der Waals surface area contributed by atoms with Gasteiger partial charge in [-0.3, -0.25) is 19.7 Å². The number of Topliss-reactive ketones (excluding diaryl/α,β-unsaturated/α-hetero) is 1. The van der Waals surface area contributed by atoms with E-state index in [0.717, 1.165) is 11.3 Å². The Morgan fingerprint density at radius 2 is 1.83 bits per heavy atom. The molecule has 0 saturated heterocycles. The molecule has 0 spiro atoms. The van der Waals surface area contributed by atoms with Gasteiger partial charge in [0.25, 0.3) is 11.6 Å². The fourth-order valence-corrected chi connectivity index (χ4v) is 4.80. The Balaban J connectivity index is 1.58. The van der Waals surface area contributed by atoms with Crippen molar-refractivity contribution in [1.82, 2.24) is 9.78 Å². The molecule has 35 heavy (non-hydrogen) atoms. The smallest absolute Gasteiger partial charge is 0.269 e. The molecule has 0 bridgehead atoms. The molecule has 5 rings (SSSR count). The van der Waals surface area contributed by atoms with Crippen LogP contribution in [0.15, 0.2) is 66.0 Å². The number of rotatable bonds is 4. The third-order valence-electron chi connectivity index (χ3n) is 6.48. The topological polar surface area (TPSA) is 119 Å². The summed E-state index contributed by atoms with van der Waals surface area (Å²) in [6, 6.07) is 13.0. The average molecular weight is 472 g/mol. The monoisotopic (exact) mass is 471 g/mol. The molecule has 2 N–H and O–H groups in total. The zero-order chi connectivity index (χ0) is 24.9. The van der Waals surface area contributed by atoms with Crippen molar-refractivity contribution in [3.63, 3.8) is 0 Å². The molecule has 2 heterocycles. The summed E-state index contributed by atoms with van der Waals surface area (Å²) in [6.07, 6.45) is 2.49. The van der Waals surface area contributed by atoms with E-state index in [2.05, 4.69) is 15.7 Å². The van der Waals surface area contributed by atoms with Crippen LogP contribution in [-0.4, -0.2) is 26.4 Å². The van der Waals surface area contributed by atoms with E-state index in [4.69, 9.17) is 0 Å². The van der Waals surface area contributed by atoms with Crippen molar-refractivity contribution in [1.29, 1.82) is 0 Å². The Bertz CT molecular complexity index is 1380. The number of hydrogen-bond acceptors (Lipinski definition) is 6. The Kier molecular flexibility index (Phi) is 5.27. The number of hydrogen-bond donors (Lipinski definition) is 2. The lowest BCUT2D eigenvalue weighted by Crippen LogP contribution is -2.37. The summed E-state index contributed by atoms with van der Waals surface area (Å²) in [7, 11) is 0. The minimum absolute atomic E-state index is 0.00101. The quantitative estimate of drug-likeness (QED) is 0.408. The van der Waals surface area contributed by atoms with Crippen LogP contribution in [0.25, 0.3) is 0 Å². The number of carbonyl (C=O) groups excluding carboxylic acids is 2. The number of ketones is 1. The molecular weight excluding hydrogens is 446 g/mol. The summed E-state index contributed by atoms with van der Waals surface area (Å²) >= 11 is 0. The van der Waals surface area contributed by atoms with Crippen LogP contribution in [0.1, 0.15) is 54.2 Å². The minimum atomic E-state index is -0.591. The fourth-order valence-electron chi connectivity index (χ4n) is 4.80. The Hall–Kier alpha value is -4.27. The number of amides is 1. The molecule has 0 fully saturated rings. The van der Waals surface area contributed by atoms with Gasteiger partial charge < -0.3 is 10.6 Å². The van der Waals surface area contributed by atoms with Crippen LogP contribution in [-0.2, 0) is 4.79 Å². The first-order chi connectivity index (χ1) is 16.6. The summed E-state index contributed by atoms with van der Waals surface area (Å²) in [5.41, 5.74) is 3.85. The van der Waals surface area contributed by atoms with Crippen molar-refractivity contribution in [2.45, 2.75) is 39.7 Å². The number of nitro groups is 1. The molecule has 1 amide bonds. The highest BCUT2D eigenvalue weighted by molar-refractivity contribution is 6.08. The largest absolute Gasteiger partial charge is 0.343 e. The van der Waals surface area contributed by atoms with Crippen molar-refractivity contribution < 1.29 is 14.5 Å². The molecule has 178 valence electrons. The first-order valence-corrected chi connectivity index (χ1v) is 11.4. The van der Waals surface area contributed by atoms with E-state index in [1.54, 1.807) is 16.8 Å². The molecule has 1 aromatic heterocycles. The number of anilines is 2. The summed E-state index contributed by atoms with van der Waals surface area (Å²) in [5.74, 6) is 0.164. The van der Waals surface area contributed by atoms with E-state index >= 15 is 0 Å². The predicted octanol–water partition coefficient (Wildman–Crippen LogP) is 5.01. The third-order valence-corrected chi connectivity index (χ3v) is 6.48. The normalized spacial score (nSPS) is 18.4. The Morgan fingerprint density at radius 1 is 1.14 bits per heavy atom. The second-order valence-corrected chi connectivity index (χ2v) is 9.88. The zero-order valence-electron chi connectivity index (χ0n) is 19.7. The van der Waals surface area contributed by atoms with Crippen LogP contribution in [0.5, 0.6) is 0 Å². The average Bonchev–Trinajstić information content (AvgIpc) is 3.22. The maximum Gasteiger partial charge on any atom is 0.269 e. The SMILES string of the molecule is Cc1ccc(NC(=O)c2cnn3c2NC2=C(C(=O)CC(C)(C)C2)C3c2ccc([N+](=O)[O-])cc2)cc1. The van der Waals surface area contributed by atoms with Crippen molar-refractivity contribution in [2.75, 3.05) is 10.6 Å². The Morgan fingerprint density at radius 3 is 2.49 bits per heavy atom. The highest BCUT2D eigenvalue weighted by Crippen LogP contribution is 2.46. The molecule has 1 atom stereocenters. The summed E-state index contributed by atoms with van der Waals surface area (Å²) in [5, 5.41) is 21.9. The van der Waals surface area contributed by atoms with E-state index in [-0.39, 0.29) is 22.8 Å². The predicted molar refractivity (Wildman–Crippen MR) is 131 cm³/mol. The number of nitrogens with one attached hydrogen (secondary N) is 2. The van der Waals surface area contributed by atoms with Gasteiger partial charge in [-0.1, -0.05) is 31.5 Å². The van der Waals surface area contributed by atoms with Crippen molar-refractivity contribution in [3.05, 3.63) is 92.8 Å². The van der Waals surface area contributed by atoms with Gasteiger partial charge in [-0.15, -0.1) is 0 Å². The van der Waals surface area contributed by atoms with Gasteiger partial charge in [-0.2, -0.15) is 5.10 Å². The number of allylic oxidation sites excluding steroid dienone is 2. The first-order valence-electron chi connectivity index (χ1n) is 11.4. The van der Waals surface area contributed by atoms with Crippen LogP contribution in [0.3, 0.4) is 0 Å². The molecule has 9 heteroatoms. The minimum Gasteiger partial charge on any atom is -0.343 e. The molecule has 1 aliphatic heterocycles. The third kappa shape index (κ3) is 4.09. The van der Waals surface area contributed by atoms with Gasteiger partial charge in [-0.05, 0) is 48.6 Å². The van der Waals surface area contributed by atoms with E-state index in [9.17, 15) is 19.7 Å². The lowest BCUT2D eigenvalue weighted by atomic mass is 9.73. The number of fused-ring (bicyclic) bond motifs is 1. The van der Waals surface area contributed by atoms with Crippen LogP contribution >= 0.6 is 0 Å². The van der Waals surface area contributed by atoms with E-state index in [1.807, 2.05) is 45.0 Å². The molecule has 3 aromatic rings. The molecular formula is C26H25N5O4. The lowest BCUT2D eigenvalue weighted by molar-refractivity contribution is -0.384. The summed E-state index contributed by atoms with van der Waals surface area (Å²) in [6.45, 7) is 6.04. The number of aryl methyl sites for hydroxylation is 1. The van der Waals surface area contributed by atoms with Gasteiger partial charge in [-0.25, -0.2) is 4.68 Å². The van der Waals surface area contributed by atoms with E-state index < -0.39 is 11.0 Å². The lowest BCUT2D eigenvalue weighted by Gasteiger charge is -2.39. The van der Waals surface area contributed by atoms with Crippen LogP contribution in [0, 0.1) is 22.5 Å². The highest BCUT2D eigenvalue weighted by Gasteiger charge is 2.42. The Labute approximate surface area is 202 Å². The molecule has 0 radical (unpaired) electrons. The standard InChI is InChI=1S/C26H25N5O4/c1-15-4-8-17(9-5-15)28-25(33)19-14-27-30-23(16-6-10-18(11-7-16)31(34)35)22-20(29-24(19)30)12-26(2,3)13-21(22)32/h4-11,14,23,29H,12-13H2,1-3H3,(H,28,33). The second-order valence-electron chi connectivity index (χ2n) is 9.88. The second kappa shape index (κ2) is 8.19. The number of non-ortho nitro benzene ring substituents is 1. The number of nitrogens with zero attached hydrogens (tertiary/aromatic N) is 3. The molecule has 1 unspecified atom stereocenters.